The molecule has 1 aliphatic rings. The Morgan fingerprint density at radius 3 is 2.95 bits per heavy atom. The van der Waals surface area contributed by atoms with E-state index in [1.807, 2.05) is 30.6 Å². The molecule has 5 nitrogen and oxygen atoms in total. The Labute approximate surface area is 125 Å². The minimum atomic E-state index is 0.543. The van der Waals surface area contributed by atoms with Gasteiger partial charge in [0, 0.05) is 44.3 Å². The zero-order valence-electron chi connectivity index (χ0n) is 12.4. The number of aromatic nitrogens is 3. The van der Waals surface area contributed by atoms with Crippen LogP contribution in [0.5, 0.6) is 0 Å². The van der Waals surface area contributed by atoms with E-state index in [1.165, 1.54) is 18.4 Å². The zero-order valence-corrected chi connectivity index (χ0v) is 12.4. The number of nitrogens with zero attached hydrogens (tertiary/aromatic N) is 5. The molecule has 0 radical (unpaired) electrons. The molecular formula is C16H21N5. The summed E-state index contributed by atoms with van der Waals surface area (Å²) in [4.78, 5) is 8.94. The summed E-state index contributed by atoms with van der Waals surface area (Å²) in [5.74, 6) is 0.983. The molecular weight excluding hydrogens is 262 g/mol. The predicted octanol–water partition coefficient (Wildman–Crippen LogP) is 1.97. The van der Waals surface area contributed by atoms with Crippen LogP contribution in [0.2, 0.25) is 0 Å². The van der Waals surface area contributed by atoms with E-state index in [4.69, 9.17) is 0 Å². The van der Waals surface area contributed by atoms with Crippen molar-refractivity contribution in [1.82, 2.24) is 20.1 Å². The molecule has 5 heteroatoms. The summed E-state index contributed by atoms with van der Waals surface area (Å²) in [5.41, 5.74) is 1.26. The number of hydrogen-bond donors (Lipinski definition) is 0. The van der Waals surface area contributed by atoms with E-state index in [1.54, 1.807) is 6.20 Å². The highest BCUT2D eigenvalue weighted by Gasteiger charge is 2.24. The SMILES string of the molecule is CN(Cc1cccnc1)[C@@H]1CCCN(c2cccnn2)C1. The number of rotatable bonds is 4. The Morgan fingerprint density at radius 1 is 1.29 bits per heavy atom. The lowest BCUT2D eigenvalue weighted by molar-refractivity contribution is 0.207. The number of pyridine rings is 1. The first kappa shape index (κ1) is 13.9. The van der Waals surface area contributed by atoms with Gasteiger partial charge in [-0.1, -0.05) is 6.07 Å². The van der Waals surface area contributed by atoms with Gasteiger partial charge in [0.1, 0.15) is 0 Å². The fourth-order valence-electron chi connectivity index (χ4n) is 2.89. The Bertz CT molecular complexity index is 545. The third kappa shape index (κ3) is 3.55. The number of likely N-dealkylation sites (N-methyl/N-ethyl adjacent to an activating group) is 1. The largest absolute Gasteiger partial charge is 0.354 e. The zero-order chi connectivity index (χ0) is 14.5. The molecule has 1 saturated heterocycles. The van der Waals surface area contributed by atoms with Crippen LogP contribution < -0.4 is 4.90 Å². The molecule has 2 aromatic rings. The third-order valence-electron chi connectivity index (χ3n) is 4.06. The first-order chi connectivity index (χ1) is 10.3. The van der Waals surface area contributed by atoms with Gasteiger partial charge in [-0.2, -0.15) is 5.10 Å². The topological polar surface area (TPSA) is 45.2 Å². The van der Waals surface area contributed by atoms with E-state index in [0.29, 0.717) is 6.04 Å². The standard InChI is InChI=1S/C16H21N5/c1-20(12-14-5-2-8-17-11-14)15-6-4-10-21(13-15)16-7-3-9-18-19-16/h2-3,5,7-9,11,15H,4,6,10,12-13H2,1H3/t15-/m1/s1. The van der Waals surface area contributed by atoms with Crippen LogP contribution in [-0.2, 0) is 6.54 Å². The van der Waals surface area contributed by atoms with E-state index in [9.17, 15) is 0 Å². The molecule has 0 aromatic carbocycles. The molecule has 0 saturated carbocycles. The van der Waals surface area contributed by atoms with E-state index in [0.717, 1.165) is 25.5 Å². The fourth-order valence-corrected chi connectivity index (χ4v) is 2.89. The normalized spacial score (nSPS) is 19.0. The molecule has 1 atom stereocenters. The van der Waals surface area contributed by atoms with Gasteiger partial charge in [-0.15, -0.1) is 5.10 Å². The van der Waals surface area contributed by atoms with Crippen molar-refractivity contribution < 1.29 is 0 Å². The molecule has 3 rings (SSSR count). The monoisotopic (exact) mass is 283 g/mol. The highest BCUT2D eigenvalue weighted by atomic mass is 15.3. The van der Waals surface area contributed by atoms with Crippen molar-refractivity contribution in [1.29, 1.82) is 0 Å². The van der Waals surface area contributed by atoms with Crippen molar-refractivity contribution in [3.63, 3.8) is 0 Å². The van der Waals surface area contributed by atoms with Crippen LogP contribution in [0.1, 0.15) is 18.4 Å². The maximum absolute atomic E-state index is 4.23. The lowest BCUT2D eigenvalue weighted by Gasteiger charge is -2.38. The first-order valence-corrected chi connectivity index (χ1v) is 7.45. The van der Waals surface area contributed by atoms with Gasteiger partial charge in [-0.25, -0.2) is 0 Å². The van der Waals surface area contributed by atoms with Crippen LogP contribution in [0.3, 0.4) is 0 Å². The van der Waals surface area contributed by atoms with Gasteiger partial charge in [0.15, 0.2) is 5.82 Å². The first-order valence-electron chi connectivity index (χ1n) is 7.45. The van der Waals surface area contributed by atoms with Crippen LogP contribution in [0.15, 0.2) is 42.9 Å². The highest BCUT2D eigenvalue weighted by molar-refractivity contribution is 5.37. The maximum Gasteiger partial charge on any atom is 0.151 e. The van der Waals surface area contributed by atoms with Gasteiger partial charge >= 0.3 is 0 Å². The lowest BCUT2D eigenvalue weighted by Crippen LogP contribution is -2.46. The predicted molar refractivity (Wildman–Crippen MR) is 83.0 cm³/mol. The van der Waals surface area contributed by atoms with Crippen LogP contribution >= 0.6 is 0 Å². The Kier molecular flexibility index (Phi) is 4.40. The van der Waals surface area contributed by atoms with Crippen molar-refractivity contribution in [3.05, 3.63) is 48.4 Å². The van der Waals surface area contributed by atoms with Gasteiger partial charge in [0.2, 0.25) is 0 Å². The Morgan fingerprint density at radius 2 is 2.19 bits per heavy atom. The maximum atomic E-state index is 4.23. The minimum absolute atomic E-state index is 0.543. The lowest BCUT2D eigenvalue weighted by atomic mass is 10.0. The number of hydrogen-bond acceptors (Lipinski definition) is 5. The molecule has 110 valence electrons. The summed E-state index contributed by atoms with van der Waals surface area (Å²) >= 11 is 0. The van der Waals surface area contributed by atoms with Crippen molar-refractivity contribution in [2.45, 2.75) is 25.4 Å². The fraction of sp³-hybridized carbons (Fsp3) is 0.438. The third-order valence-corrected chi connectivity index (χ3v) is 4.06. The smallest absolute Gasteiger partial charge is 0.151 e. The second-order valence-corrected chi connectivity index (χ2v) is 5.60. The quantitative estimate of drug-likeness (QED) is 0.858. The van der Waals surface area contributed by atoms with Gasteiger partial charge in [0.25, 0.3) is 0 Å². The molecule has 0 spiro atoms. The molecule has 0 bridgehead atoms. The molecule has 2 aromatic heterocycles. The van der Waals surface area contributed by atoms with Crippen LogP contribution in [0.25, 0.3) is 0 Å². The molecule has 0 aliphatic carbocycles. The van der Waals surface area contributed by atoms with Crippen molar-refractivity contribution in [3.8, 4) is 0 Å². The van der Waals surface area contributed by atoms with Gasteiger partial charge in [-0.05, 0) is 43.7 Å². The summed E-state index contributed by atoms with van der Waals surface area (Å²) in [6, 6.07) is 8.66. The Balaban J connectivity index is 1.63. The van der Waals surface area contributed by atoms with Crippen molar-refractivity contribution in [2.24, 2.45) is 0 Å². The summed E-state index contributed by atoms with van der Waals surface area (Å²) in [6.45, 7) is 3.01. The Hall–Kier alpha value is -2.01. The van der Waals surface area contributed by atoms with Gasteiger partial charge < -0.3 is 4.90 Å². The van der Waals surface area contributed by atoms with E-state index in [2.05, 4.69) is 38.1 Å². The van der Waals surface area contributed by atoms with Crippen molar-refractivity contribution >= 4 is 5.82 Å². The highest BCUT2D eigenvalue weighted by Crippen LogP contribution is 2.20. The number of anilines is 1. The van der Waals surface area contributed by atoms with Crippen LogP contribution in [0, 0.1) is 0 Å². The van der Waals surface area contributed by atoms with E-state index >= 15 is 0 Å². The minimum Gasteiger partial charge on any atom is -0.354 e. The second kappa shape index (κ2) is 6.63. The van der Waals surface area contributed by atoms with Crippen molar-refractivity contribution in [2.75, 3.05) is 25.0 Å². The second-order valence-electron chi connectivity index (χ2n) is 5.60. The average molecular weight is 283 g/mol. The molecule has 0 N–H and O–H groups in total. The van der Waals surface area contributed by atoms with Crippen LogP contribution in [0.4, 0.5) is 5.82 Å². The summed E-state index contributed by atoms with van der Waals surface area (Å²) in [6.07, 6.45) is 7.91. The molecule has 0 amide bonds. The van der Waals surface area contributed by atoms with Gasteiger partial charge in [-0.3, -0.25) is 9.88 Å². The van der Waals surface area contributed by atoms with Crippen LogP contribution in [-0.4, -0.2) is 46.3 Å². The molecule has 0 unspecified atom stereocenters. The molecule has 3 heterocycles. The van der Waals surface area contributed by atoms with E-state index in [-0.39, 0.29) is 0 Å². The average Bonchev–Trinajstić information content (AvgIpc) is 2.57. The number of piperidine rings is 1. The molecule has 1 fully saturated rings. The van der Waals surface area contributed by atoms with E-state index < -0.39 is 0 Å². The van der Waals surface area contributed by atoms with Gasteiger partial charge in [0.05, 0.1) is 0 Å². The summed E-state index contributed by atoms with van der Waals surface area (Å²) in [7, 11) is 2.19. The molecule has 21 heavy (non-hydrogen) atoms. The molecule has 1 aliphatic heterocycles. The summed E-state index contributed by atoms with van der Waals surface area (Å²) in [5, 5.41) is 8.21. The summed E-state index contributed by atoms with van der Waals surface area (Å²) < 4.78 is 0.